The van der Waals surface area contributed by atoms with Crippen LogP contribution in [-0.2, 0) is 4.79 Å². The fraction of sp³-hybridized carbons (Fsp3) is 0.0625. The summed E-state index contributed by atoms with van der Waals surface area (Å²) < 4.78 is 4.89. The zero-order chi connectivity index (χ0) is 16.6. The summed E-state index contributed by atoms with van der Waals surface area (Å²) in [7, 11) is 1.26. The number of hydrogen-bond donors (Lipinski definition) is 1. The van der Waals surface area contributed by atoms with Gasteiger partial charge in [-0.1, -0.05) is 18.2 Å². The highest BCUT2D eigenvalue weighted by molar-refractivity contribution is 6.34. The first-order chi connectivity index (χ1) is 11.0. The van der Waals surface area contributed by atoms with Crippen molar-refractivity contribution in [2.24, 2.45) is 0 Å². The monoisotopic (exact) mass is 311 g/mol. The Hall–Kier alpha value is -3.35. The molecule has 0 spiro atoms. The van der Waals surface area contributed by atoms with Crippen LogP contribution in [0.3, 0.4) is 0 Å². The van der Waals surface area contributed by atoms with Crippen LogP contribution in [0.4, 0.5) is 11.4 Å². The number of benzene rings is 2. The molecule has 0 aliphatic carbocycles. The van der Waals surface area contributed by atoms with E-state index in [9.17, 15) is 20.0 Å². The number of hydrogen-bond acceptors (Lipinski definition) is 5. The van der Waals surface area contributed by atoms with Crippen LogP contribution < -0.4 is 15.2 Å². The van der Waals surface area contributed by atoms with E-state index in [-0.39, 0.29) is 11.7 Å². The minimum absolute atomic E-state index is 0.141. The van der Waals surface area contributed by atoms with Crippen LogP contribution in [0.25, 0.3) is 11.6 Å². The molecule has 0 radical (unpaired) electrons. The second-order valence-electron chi connectivity index (χ2n) is 4.89. The standard InChI is InChI=1S/C16H12N2O5/c1-23-14-8-9(7-13(15(14)19)18(21)22)6-11-10-4-2-3-5-12(10)17-16(11)20/h2-8,19H,1H3,(H,17,20)/p-1/b11-6-. The van der Waals surface area contributed by atoms with E-state index in [1.54, 1.807) is 24.3 Å². The Bertz CT molecular complexity index is 858. The van der Waals surface area contributed by atoms with E-state index >= 15 is 0 Å². The predicted octanol–water partition coefficient (Wildman–Crippen LogP) is 2.17. The quantitative estimate of drug-likeness (QED) is 0.531. The highest BCUT2D eigenvalue weighted by Crippen LogP contribution is 2.37. The van der Waals surface area contributed by atoms with Crippen molar-refractivity contribution in [3.05, 3.63) is 57.6 Å². The van der Waals surface area contributed by atoms with Gasteiger partial charge in [-0.15, -0.1) is 0 Å². The number of ether oxygens (including phenoxy) is 1. The minimum atomic E-state index is -0.795. The molecule has 1 heterocycles. The fourth-order valence-electron chi connectivity index (χ4n) is 2.43. The Morgan fingerprint density at radius 3 is 2.70 bits per heavy atom. The topological polar surface area (TPSA) is 105 Å². The largest absolute Gasteiger partial charge is 0.865 e. The number of rotatable bonds is 3. The van der Waals surface area contributed by atoms with Crippen molar-refractivity contribution in [2.45, 2.75) is 0 Å². The van der Waals surface area contributed by atoms with E-state index in [1.807, 2.05) is 0 Å². The molecule has 2 aromatic rings. The average molecular weight is 311 g/mol. The lowest BCUT2D eigenvalue weighted by Gasteiger charge is -2.13. The predicted molar refractivity (Wildman–Crippen MR) is 82.0 cm³/mol. The van der Waals surface area contributed by atoms with Gasteiger partial charge in [-0.25, -0.2) is 0 Å². The number of para-hydroxylation sites is 1. The highest BCUT2D eigenvalue weighted by Gasteiger charge is 2.24. The van der Waals surface area contributed by atoms with Gasteiger partial charge in [0, 0.05) is 28.6 Å². The second-order valence-corrected chi connectivity index (χ2v) is 4.89. The maximum Gasteiger partial charge on any atom is 0.266 e. The molecule has 0 fully saturated rings. The first-order valence-electron chi connectivity index (χ1n) is 6.67. The Balaban J connectivity index is 2.15. The van der Waals surface area contributed by atoms with Crippen LogP contribution in [0.15, 0.2) is 36.4 Å². The molecule has 0 saturated carbocycles. The van der Waals surface area contributed by atoms with Crippen molar-refractivity contribution in [2.75, 3.05) is 12.4 Å². The van der Waals surface area contributed by atoms with E-state index < -0.39 is 16.4 Å². The number of amides is 1. The number of carbonyl (C=O) groups is 1. The van der Waals surface area contributed by atoms with Crippen molar-refractivity contribution >= 4 is 28.9 Å². The van der Waals surface area contributed by atoms with Crippen molar-refractivity contribution in [3.8, 4) is 11.5 Å². The van der Waals surface area contributed by atoms with Gasteiger partial charge in [0.2, 0.25) is 0 Å². The summed E-state index contributed by atoms with van der Waals surface area (Å²) in [4.78, 5) is 22.3. The molecule has 1 aliphatic heterocycles. The zero-order valence-corrected chi connectivity index (χ0v) is 12.0. The normalized spacial score (nSPS) is 14.5. The van der Waals surface area contributed by atoms with Gasteiger partial charge in [-0.3, -0.25) is 14.9 Å². The van der Waals surface area contributed by atoms with Crippen LogP contribution in [0.2, 0.25) is 0 Å². The maximum atomic E-state index is 12.1. The first-order valence-corrected chi connectivity index (χ1v) is 6.67. The molecule has 23 heavy (non-hydrogen) atoms. The first kappa shape index (κ1) is 14.6. The number of nitro groups is 1. The summed E-state index contributed by atoms with van der Waals surface area (Å²) in [5, 5.41) is 25.5. The van der Waals surface area contributed by atoms with E-state index in [1.165, 1.54) is 19.3 Å². The summed E-state index contributed by atoms with van der Waals surface area (Å²) >= 11 is 0. The van der Waals surface area contributed by atoms with Gasteiger partial charge in [0.05, 0.1) is 12.0 Å². The molecule has 7 heteroatoms. The number of nitrogens with one attached hydrogen (secondary N) is 1. The second kappa shape index (κ2) is 5.45. The Morgan fingerprint density at radius 1 is 1.26 bits per heavy atom. The molecule has 0 saturated heterocycles. The van der Waals surface area contributed by atoms with Gasteiger partial charge in [-0.2, -0.15) is 0 Å². The molecule has 1 N–H and O–H groups in total. The molecule has 0 unspecified atom stereocenters. The van der Waals surface area contributed by atoms with Gasteiger partial charge < -0.3 is 15.2 Å². The number of nitro benzene ring substituents is 1. The van der Waals surface area contributed by atoms with Gasteiger partial charge in [0.25, 0.3) is 11.6 Å². The van der Waals surface area contributed by atoms with E-state index in [2.05, 4.69) is 5.32 Å². The number of carbonyl (C=O) groups excluding carboxylic acids is 1. The molecule has 0 aromatic heterocycles. The molecule has 116 valence electrons. The minimum Gasteiger partial charge on any atom is -0.865 e. The summed E-state index contributed by atoms with van der Waals surface area (Å²) in [6.45, 7) is 0. The molecule has 2 aromatic carbocycles. The van der Waals surface area contributed by atoms with Gasteiger partial charge >= 0.3 is 0 Å². The van der Waals surface area contributed by atoms with Gasteiger partial charge in [-0.05, 0) is 23.8 Å². The van der Waals surface area contributed by atoms with Crippen LogP contribution in [0, 0.1) is 10.1 Å². The third-order valence-electron chi connectivity index (χ3n) is 3.50. The zero-order valence-electron chi connectivity index (χ0n) is 12.0. The molecular weight excluding hydrogens is 300 g/mol. The SMILES string of the molecule is COc1cc(/C=C2\C(=O)Nc3ccccc32)cc([N+](=O)[O-])c1[O-]. The summed E-state index contributed by atoms with van der Waals surface area (Å²) in [6.07, 6.45) is 1.50. The lowest BCUT2D eigenvalue weighted by atomic mass is 10.0. The van der Waals surface area contributed by atoms with Crippen molar-refractivity contribution in [3.63, 3.8) is 0 Å². The molecule has 3 rings (SSSR count). The van der Waals surface area contributed by atoms with Crippen molar-refractivity contribution in [1.29, 1.82) is 0 Å². The van der Waals surface area contributed by atoms with Crippen LogP contribution in [0.5, 0.6) is 11.5 Å². The molecular formula is C16H11N2O5-. The van der Waals surface area contributed by atoms with Crippen LogP contribution >= 0.6 is 0 Å². The smallest absolute Gasteiger partial charge is 0.266 e. The van der Waals surface area contributed by atoms with Crippen molar-refractivity contribution in [1.82, 2.24) is 0 Å². The summed E-state index contributed by atoms with van der Waals surface area (Å²) in [6, 6.07) is 9.62. The highest BCUT2D eigenvalue weighted by atomic mass is 16.6. The summed E-state index contributed by atoms with van der Waals surface area (Å²) in [5.41, 5.74) is 1.49. The fourth-order valence-corrected chi connectivity index (χ4v) is 2.43. The van der Waals surface area contributed by atoms with Gasteiger partial charge in [0.15, 0.2) is 0 Å². The van der Waals surface area contributed by atoms with E-state index in [0.29, 0.717) is 22.4 Å². The average Bonchev–Trinajstić information content (AvgIpc) is 2.84. The molecule has 0 atom stereocenters. The molecule has 7 nitrogen and oxygen atoms in total. The Kier molecular flexibility index (Phi) is 3.46. The van der Waals surface area contributed by atoms with Crippen LogP contribution in [0.1, 0.15) is 11.1 Å². The van der Waals surface area contributed by atoms with E-state index in [4.69, 9.17) is 4.74 Å². The third-order valence-corrected chi connectivity index (χ3v) is 3.50. The number of fused-ring (bicyclic) bond motifs is 1. The number of nitrogens with zero attached hydrogens (tertiary/aromatic N) is 1. The van der Waals surface area contributed by atoms with Crippen LogP contribution in [-0.4, -0.2) is 17.9 Å². The Labute approximate surface area is 131 Å². The molecule has 1 amide bonds. The number of methoxy groups -OCH3 is 1. The molecule has 1 aliphatic rings. The Morgan fingerprint density at radius 2 is 2.00 bits per heavy atom. The summed E-state index contributed by atoms with van der Waals surface area (Å²) in [5.74, 6) is -1.24. The van der Waals surface area contributed by atoms with E-state index in [0.717, 1.165) is 6.07 Å². The van der Waals surface area contributed by atoms with Crippen molar-refractivity contribution < 1.29 is 19.6 Å². The maximum absolute atomic E-state index is 12.1. The number of anilines is 1. The van der Waals surface area contributed by atoms with Gasteiger partial charge in [0.1, 0.15) is 5.75 Å². The lowest BCUT2D eigenvalue weighted by Crippen LogP contribution is -2.04. The molecule has 0 bridgehead atoms. The lowest BCUT2D eigenvalue weighted by molar-refractivity contribution is -0.398. The third kappa shape index (κ3) is 2.48.